The number of hydrogen-bond acceptors (Lipinski definition) is 6. The van der Waals surface area contributed by atoms with Crippen molar-refractivity contribution in [3.05, 3.63) is 83.6 Å². The highest BCUT2D eigenvalue weighted by molar-refractivity contribution is 5.92. The van der Waals surface area contributed by atoms with Gasteiger partial charge in [-0.25, -0.2) is 0 Å². The molecule has 226 valence electrons. The van der Waals surface area contributed by atoms with Crippen LogP contribution in [0.2, 0.25) is 0 Å². The van der Waals surface area contributed by atoms with Crippen molar-refractivity contribution in [1.82, 2.24) is 10.2 Å². The molecule has 0 spiro atoms. The van der Waals surface area contributed by atoms with Crippen LogP contribution in [0, 0.1) is 11.3 Å². The second kappa shape index (κ2) is 13.3. The average molecular weight is 585 g/mol. The Bertz CT molecular complexity index is 1530. The minimum Gasteiger partial charge on any atom is -0.493 e. The number of hydrogen-bond donors (Lipinski definition) is 1. The number of piperidine rings is 1. The van der Waals surface area contributed by atoms with Crippen molar-refractivity contribution < 1.29 is 28.6 Å². The topological polar surface area (TPSA) is 94.2 Å². The molecule has 2 aliphatic rings. The molecule has 1 aliphatic carbocycles. The van der Waals surface area contributed by atoms with E-state index in [2.05, 4.69) is 5.32 Å². The molecule has 2 atom stereocenters. The zero-order valence-corrected chi connectivity index (χ0v) is 25.2. The van der Waals surface area contributed by atoms with Gasteiger partial charge in [-0.15, -0.1) is 0 Å². The normalized spacial score (nSPS) is 20.1. The molecule has 8 heteroatoms. The number of nitrogens with one attached hydrogen (secondary N) is 1. The number of carbonyl (C=O) groups is 3. The number of likely N-dealkylation sites (tertiary alicyclic amines) is 1. The Hall–Kier alpha value is -4.33. The molecule has 0 aromatic heterocycles. The second-order valence-electron chi connectivity index (χ2n) is 11.4. The summed E-state index contributed by atoms with van der Waals surface area (Å²) in [5.74, 6) is -0.0901. The standard InChI is InChI=1S/C35H40N2O6/c1-41-29-16-15-24(20-30(29)42-2)17-19-37-31-14-5-4-8-18-35(31,34(40)43-3)22-27(33(37)39)21-32(38)36-23-26-12-9-11-25-10-6-7-13-28(25)26/h6-7,9-16,20,27H,4-5,8,17-19,21-23H2,1-3H3,(H,36,38)/t27-,35+/m1/s1. The zero-order chi connectivity index (χ0) is 30.4. The molecule has 8 nitrogen and oxygen atoms in total. The van der Waals surface area contributed by atoms with Crippen LogP contribution in [0.15, 0.2) is 72.4 Å². The van der Waals surface area contributed by atoms with E-state index in [1.807, 2.05) is 66.7 Å². The van der Waals surface area contributed by atoms with Gasteiger partial charge in [-0.05, 0) is 66.1 Å². The molecule has 1 saturated heterocycles. The van der Waals surface area contributed by atoms with E-state index in [-0.39, 0.29) is 30.6 Å². The number of ether oxygens (including phenoxy) is 3. The van der Waals surface area contributed by atoms with Crippen molar-refractivity contribution in [2.75, 3.05) is 27.9 Å². The summed E-state index contributed by atoms with van der Waals surface area (Å²) in [6, 6.07) is 19.8. The number of methoxy groups -OCH3 is 3. The average Bonchev–Trinajstić information content (AvgIpc) is 3.26. The highest BCUT2D eigenvalue weighted by atomic mass is 16.5. The van der Waals surface area contributed by atoms with Crippen LogP contribution in [0.4, 0.5) is 0 Å². The van der Waals surface area contributed by atoms with E-state index in [4.69, 9.17) is 14.2 Å². The van der Waals surface area contributed by atoms with Gasteiger partial charge in [-0.3, -0.25) is 14.4 Å². The lowest BCUT2D eigenvalue weighted by Gasteiger charge is -2.46. The van der Waals surface area contributed by atoms with E-state index >= 15 is 0 Å². The Kier molecular flexibility index (Phi) is 9.34. The number of fused-ring (bicyclic) bond motifs is 2. The molecule has 1 aliphatic heterocycles. The van der Waals surface area contributed by atoms with E-state index < -0.39 is 11.3 Å². The molecule has 3 aromatic rings. The molecule has 0 saturated carbocycles. The lowest BCUT2D eigenvalue weighted by Crippen LogP contribution is -2.53. The van der Waals surface area contributed by atoms with Crippen molar-refractivity contribution in [3.8, 4) is 11.5 Å². The number of rotatable bonds is 10. The molecular weight excluding hydrogens is 544 g/mol. The van der Waals surface area contributed by atoms with Crippen molar-refractivity contribution in [1.29, 1.82) is 0 Å². The number of amides is 2. The molecule has 1 heterocycles. The Morgan fingerprint density at radius 1 is 0.977 bits per heavy atom. The number of benzene rings is 3. The van der Waals surface area contributed by atoms with Gasteiger partial charge in [-0.1, -0.05) is 61.0 Å². The van der Waals surface area contributed by atoms with Gasteiger partial charge < -0.3 is 24.4 Å². The van der Waals surface area contributed by atoms with Crippen LogP contribution in [0.3, 0.4) is 0 Å². The highest BCUT2D eigenvalue weighted by Crippen LogP contribution is 2.49. The van der Waals surface area contributed by atoms with E-state index in [9.17, 15) is 14.4 Å². The molecule has 1 N–H and O–H groups in total. The summed E-state index contributed by atoms with van der Waals surface area (Å²) >= 11 is 0. The lowest BCUT2D eigenvalue weighted by atomic mass is 9.69. The maximum absolute atomic E-state index is 14.1. The Morgan fingerprint density at radius 2 is 1.77 bits per heavy atom. The molecule has 0 unspecified atom stereocenters. The minimum atomic E-state index is -0.961. The first-order valence-electron chi connectivity index (χ1n) is 14.9. The summed E-state index contributed by atoms with van der Waals surface area (Å²) in [4.78, 5) is 42.6. The summed E-state index contributed by atoms with van der Waals surface area (Å²) in [5.41, 5.74) is 1.74. The largest absolute Gasteiger partial charge is 0.493 e. The molecule has 0 radical (unpaired) electrons. The summed E-state index contributed by atoms with van der Waals surface area (Å²) in [5, 5.41) is 5.22. The fourth-order valence-corrected chi connectivity index (χ4v) is 6.64. The fraction of sp³-hybridized carbons (Fsp3) is 0.400. The molecule has 43 heavy (non-hydrogen) atoms. The van der Waals surface area contributed by atoms with Gasteiger partial charge in [0.25, 0.3) is 0 Å². The molecule has 1 fully saturated rings. The van der Waals surface area contributed by atoms with Gasteiger partial charge in [-0.2, -0.15) is 0 Å². The summed E-state index contributed by atoms with van der Waals surface area (Å²) in [6.45, 7) is 0.727. The van der Waals surface area contributed by atoms with Crippen molar-refractivity contribution >= 4 is 28.6 Å². The summed E-state index contributed by atoms with van der Waals surface area (Å²) in [6.07, 6.45) is 5.97. The molecule has 0 bridgehead atoms. The predicted molar refractivity (Wildman–Crippen MR) is 164 cm³/mol. The van der Waals surface area contributed by atoms with Crippen LogP contribution in [0.1, 0.15) is 49.7 Å². The van der Waals surface area contributed by atoms with E-state index in [0.717, 1.165) is 46.9 Å². The van der Waals surface area contributed by atoms with E-state index in [1.165, 1.54) is 7.11 Å². The lowest BCUT2D eigenvalue weighted by molar-refractivity contribution is -0.159. The van der Waals surface area contributed by atoms with Gasteiger partial charge in [0.15, 0.2) is 11.5 Å². The number of esters is 1. The third-order valence-electron chi connectivity index (χ3n) is 8.82. The number of nitrogens with zero attached hydrogens (tertiary/aromatic N) is 1. The van der Waals surface area contributed by atoms with E-state index in [1.54, 1.807) is 19.1 Å². The van der Waals surface area contributed by atoms with Gasteiger partial charge in [0.05, 0.1) is 21.3 Å². The molecule has 3 aromatic carbocycles. The molecule has 5 rings (SSSR count). The van der Waals surface area contributed by atoms with Gasteiger partial charge in [0.2, 0.25) is 11.8 Å². The van der Waals surface area contributed by atoms with Gasteiger partial charge >= 0.3 is 5.97 Å². The smallest absolute Gasteiger partial charge is 0.317 e. The summed E-state index contributed by atoms with van der Waals surface area (Å²) in [7, 11) is 4.58. The van der Waals surface area contributed by atoms with Crippen molar-refractivity contribution in [2.24, 2.45) is 11.3 Å². The monoisotopic (exact) mass is 584 g/mol. The Labute approximate surface area is 253 Å². The van der Waals surface area contributed by atoms with Crippen LogP contribution in [0.25, 0.3) is 10.8 Å². The van der Waals surface area contributed by atoms with Crippen molar-refractivity contribution in [2.45, 2.75) is 51.5 Å². The summed E-state index contributed by atoms with van der Waals surface area (Å²) < 4.78 is 16.2. The van der Waals surface area contributed by atoms with E-state index in [0.29, 0.717) is 37.4 Å². The van der Waals surface area contributed by atoms with Crippen molar-refractivity contribution in [3.63, 3.8) is 0 Å². The Balaban J connectivity index is 1.38. The highest BCUT2D eigenvalue weighted by Gasteiger charge is 2.53. The van der Waals surface area contributed by atoms with Crippen LogP contribution in [-0.2, 0) is 32.1 Å². The Morgan fingerprint density at radius 3 is 2.56 bits per heavy atom. The molecular formula is C35H40N2O6. The second-order valence-corrected chi connectivity index (χ2v) is 11.4. The maximum Gasteiger partial charge on any atom is 0.317 e. The zero-order valence-electron chi connectivity index (χ0n) is 25.2. The molecule has 2 amide bonds. The first kappa shape index (κ1) is 30.1. The van der Waals surface area contributed by atoms with Crippen LogP contribution >= 0.6 is 0 Å². The predicted octanol–water partition coefficient (Wildman–Crippen LogP) is 5.57. The van der Waals surface area contributed by atoms with Crippen LogP contribution in [0.5, 0.6) is 11.5 Å². The number of allylic oxidation sites excluding steroid dienone is 1. The SMILES string of the molecule is COC(=O)[C@]12CCCCC=C1N(CCc1ccc(OC)c(OC)c1)C(=O)[C@H](CC(=O)NCc1cccc3ccccc13)C2. The third kappa shape index (κ3) is 6.24. The van der Waals surface area contributed by atoms with Crippen LogP contribution in [-0.4, -0.2) is 50.6 Å². The minimum absolute atomic E-state index is 0.00246. The number of carbonyl (C=O) groups excluding carboxylic acids is 3. The quantitative estimate of drug-likeness (QED) is 0.313. The first-order chi connectivity index (χ1) is 20.9. The third-order valence-corrected chi connectivity index (χ3v) is 8.82. The fourth-order valence-electron chi connectivity index (χ4n) is 6.64. The first-order valence-corrected chi connectivity index (χ1v) is 14.9. The van der Waals surface area contributed by atoms with Gasteiger partial charge in [0.1, 0.15) is 5.41 Å². The van der Waals surface area contributed by atoms with Crippen LogP contribution < -0.4 is 14.8 Å². The maximum atomic E-state index is 14.1. The van der Waals surface area contributed by atoms with Gasteiger partial charge in [0, 0.05) is 31.1 Å².